The number of hydrogen-bond donors (Lipinski definition) is 2. The lowest BCUT2D eigenvalue weighted by atomic mass is 10.2. The van der Waals surface area contributed by atoms with Crippen molar-refractivity contribution in [2.24, 2.45) is 0 Å². The second-order valence-electron chi connectivity index (χ2n) is 6.28. The van der Waals surface area contributed by atoms with E-state index in [9.17, 15) is 41.3 Å². The van der Waals surface area contributed by atoms with Crippen molar-refractivity contribution in [3.05, 3.63) is 64.2 Å². The van der Waals surface area contributed by atoms with Crippen LogP contribution in [0.4, 0.5) is 24.5 Å². The summed E-state index contributed by atoms with van der Waals surface area (Å²) >= 11 is 0. The molecule has 1 atom stereocenters. The second-order valence-corrected chi connectivity index (χ2v) is 8.05. The van der Waals surface area contributed by atoms with Gasteiger partial charge in [0.15, 0.2) is 6.10 Å². The number of carbonyl (C=O) groups excluding carboxylic acids is 2. The minimum Gasteiger partial charge on any atom is -0.452 e. The minimum atomic E-state index is -4.76. The number of sulfonamides is 1. The fourth-order valence-corrected chi connectivity index (χ4v) is 3.32. The van der Waals surface area contributed by atoms with Crippen molar-refractivity contribution in [2.75, 3.05) is 11.9 Å². The molecule has 0 saturated heterocycles. The molecule has 2 N–H and O–H groups in total. The molecule has 2 aromatic rings. The number of non-ortho nitro benzene ring substituents is 1. The largest absolute Gasteiger partial charge is 0.452 e. The van der Waals surface area contributed by atoms with Gasteiger partial charge in [0.25, 0.3) is 11.6 Å². The molecule has 0 bridgehead atoms. The number of rotatable bonds is 8. The van der Waals surface area contributed by atoms with Crippen LogP contribution in [0.5, 0.6) is 0 Å². The summed E-state index contributed by atoms with van der Waals surface area (Å²) in [4.78, 5) is 33.3. The number of ether oxygens (including phenoxy) is 1. The molecule has 32 heavy (non-hydrogen) atoms. The standard InChI is InChI=1S/C18H16F3N3O7S/c1-11(17(26)23-13-5-3-6-14(9-13)24(27)28)31-16(25)10-22-32(29,30)15-7-2-4-12(8-15)18(19,20)21/h2-9,11,22H,10H2,1H3,(H,23,26). The number of halogens is 3. The fraction of sp³-hybridized carbons (Fsp3) is 0.222. The molecule has 2 aromatic carbocycles. The Morgan fingerprint density at radius 3 is 2.44 bits per heavy atom. The van der Waals surface area contributed by atoms with Crippen molar-refractivity contribution in [1.29, 1.82) is 0 Å². The van der Waals surface area contributed by atoms with Crippen molar-refractivity contribution in [3.8, 4) is 0 Å². The van der Waals surface area contributed by atoms with Gasteiger partial charge in [-0.1, -0.05) is 12.1 Å². The number of nitrogens with zero attached hydrogens (tertiary/aromatic N) is 1. The van der Waals surface area contributed by atoms with Gasteiger partial charge in [0, 0.05) is 17.8 Å². The number of anilines is 1. The van der Waals surface area contributed by atoms with E-state index in [2.05, 4.69) is 5.32 Å². The van der Waals surface area contributed by atoms with Crippen molar-refractivity contribution < 1.29 is 40.8 Å². The molecule has 0 aliphatic rings. The predicted molar refractivity (Wildman–Crippen MR) is 104 cm³/mol. The molecule has 0 saturated carbocycles. The molecule has 14 heteroatoms. The van der Waals surface area contributed by atoms with Crippen LogP contribution in [0, 0.1) is 10.1 Å². The van der Waals surface area contributed by atoms with Gasteiger partial charge in [-0.2, -0.15) is 17.9 Å². The first-order valence-electron chi connectivity index (χ1n) is 8.71. The van der Waals surface area contributed by atoms with E-state index in [1.54, 1.807) is 4.72 Å². The van der Waals surface area contributed by atoms with Gasteiger partial charge in [0.1, 0.15) is 6.54 Å². The number of hydrogen-bond acceptors (Lipinski definition) is 7. The summed E-state index contributed by atoms with van der Waals surface area (Å²) in [5, 5.41) is 13.0. The van der Waals surface area contributed by atoms with Gasteiger partial charge in [-0.25, -0.2) is 8.42 Å². The SMILES string of the molecule is CC(OC(=O)CNS(=O)(=O)c1cccc(C(F)(F)F)c1)C(=O)Nc1cccc([N+](=O)[O-])c1. The van der Waals surface area contributed by atoms with E-state index < -0.39 is 56.1 Å². The van der Waals surface area contributed by atoms with Crippen LogP contribution in [0.2, 0.25) is 0 Å². The highest BCUT2D eigenvalue weighted by molar-refractivity contribution is 7.89. The summed E-state index contributed by atoms with van der Waals surface area (Å²) in [7, 11) is -4.47. The Bertz CT molecular complexity index is 1140. The van der Waals surface area contributed by atoms with E-state index in [1.165, 1.54) is 25.1 Å². The number of benzene rings is 2. The quantitative estimate of drug-likeness (QED) is 0.339. The lowest BCUT2D eigenvalue weighted by Gasteiger charge is -2.14. The third-order valence-electron chi connectivity index (χ3n) is 3.88. The van der Waals surface area contributed by atoms with E-state index in [4.69, 9.17) is 4.74 Å². The van der Waals surface area contributed by atoms with Gasteiger partial charge < -0.3 is 10.1 Å². The Morgan fingerprint density at radius 2 is 1.81 bits per heavy atom. The molecule has 2 rings (SSSR count). The summed E-state index contributed by atoms with van der Waals surface area (Å²) < 4.78 is 69.1. The number of nitro groups is 1. The summed E-state index contributed by atoms with van der Waals surface area (Å²) in [6.07, 6.45) is -6.16. The van der Waals surface area contributed by atoms with E-state index in [1.807, 2.05) is 0 Å². The molecule has 0 radical (unpaired) electrons. The number of carbonyl (C=O) groups is 2. The van der Waals surface area contributed by atoms with Gasteiger partial charge >= 0.3 is 12.1 Å². The number of esters is 1. The van der Waals surface area contributed by atoms with Crippen LogP contribution in [0.15, 0.2) is 53.4 Å². The Kier molecular flexibility index (Phi) is 7.53. The highest BCUT2D eigenvalue weighted by Gasteiger charge is 2.31. The molecular formula is C18H16F3N3O7S. The Balaban J connectivity index is 1.95. The highest BCUT2D eigenvalue weighted by Crippen LogP contribution is 2.30. The van der Waals surface area contributed by atoms with Gasteiger partial charge in [0.2, 0.25) is 10.0 Å². The zero-order chi connectivity index (χ0) is 24.1. The van der Waals surface area contributed by atoms with Crippen molar-refractivity contribution in [2.45, 2.75) is 24.1 Å². The topological polar surface area (TPSA) is 145 Å². The van der Waals surface area contributed by atoms with Gasteiger partial charge in [0.05, 0.1) is 15.4 Å². The molecule has 172 valence electrons. The molecule has 10 nitrogen and oxygen atoms in total. The number of alkyl halides is 3. The maximum Gasteiger partial charge on any atom is 0.416 e. The van der Waals surface area contributed by atoms with Crippen LogP contribution in [-0.2, 0) is 30.5 Å². The van der Waals surface area contributed by atoms with E-state index in [0.717, 1.165) is 18.2 Å². The average molecular weight is 475 g/mol. The van der Waals surface area contributed by atoms with Gasteiger partial charge in [-0.15, -0.1) is 0 Å². The smallest absolute Gasteiger partial charge is 0.416 e. The number of nitro benzene ring substituents is 1. The molecule has 0 spiro atoms. The van der Waals surface area contributed by atoms with Crippen LogP contribution in [0.25, 0.3) is 0 Å². The van der Waals surface area contributed by atoms with Crippen molar-refractivity contribution in [1.82, 2.24) is 4.72 Å². The number of amides is 1. The van der Waals surface area contributed by atoms with Crippen LogP contribution in [0.3, 0.4) is 0 Å². The molecular weight excluding hydrogens is 459 g/mol. The molecule has 0 fully saturated rings. The van der Waals surface area contributed by atoms with Crippen LogP contribution in [0.1, 0.15) is 12.5 Å². The molecule has 0 heterocycles. The average Bonchev–Trinajstić information content (AvgIpc) is 2.72. The van der Waals surface area contributed by atoms with Crippen LogP contribution >= 0.6 is 0 Å². The van der Waals surface area contributed by atoms with Crippen LogP contribution < -0.4 is 10.0 Å². The number of nitrogens with one attached hydrogen (secondary N) is 2. The van der Waals surface area contributed by atoms with Crippen molar-refractivity contribution >= 4 is 33.3 Å². The maximum absolute atomic E-state index is 12.7. The first-order chi connectivity index (χ1) is 14.8. The van der Waals surface area contributed by atoms with Gasteiger partial charge in [-0.3, -0.25) is 19.7 Å². The third kappa shape index (κ3) is 6.75. The molecule has 0 aliphatic heterocycles. The van der Waals surface area contributed by atoms with Crippen LogP contribution in [-0.4, -0.2) is 37.9 Å². The Morgan fingerprint density at radius 1 is 1.16 bits per heavy atom. The maximum atomic E-state index is 12.7. The zero-order valence-electron chi connectivity index (χ0n) is 16.3. The summed E-state index contributed by atoms with van der Waals surface area (Å²) in [5.41, 5.74) is -1.40. The minimum absolute atomic E-state index is 0.0670. The van der Waals surface area contributed by atoms with Crippen molar-refractivity contribution in [3.63, 3.8) is 0 Å². The van der Waals surface area contributed by atoms with E-state index in [-0.39, 0.29) is 11.4 Å². The fourth-order valence-electron chi connectivity index (χ4n) is 2.31. The molecule has 1 amide bonds. The molecule has 1 unspecified atom stereocenters. The first-order valence-corrected chi connectivity index (χ1v) is 10.2. The predicted octanol–water partition coefficient (Wildman–Crippen LogP) is 2.46. The Hall–Kier alpha value is -3.52. The highest BCUT2D eigenvalue weighted by atomic mass is 32.2. The lowest BCUT2D eigenvalue weighted by Crippen LogP contribution is -2.35. The third-order valence-corrected chi connectivity index (χ3v) is 5.28. The summed E-state index contributed by atoms with van der Waals surface area (Å²) in [6.45, 7) is 0.221. The lowest BCUT2D eigenvalue weighted by molar-refractivity contribution is -0.384. The second kappa shape index (κ2) is 9.74. The van der Waals surface area contributed by atoms with E-state index >= 15 is 0 Å². The normalized spacial score (nSPS) is 12.6. The first kappa shape index (κ1) is 24.7. The van der Waals surface area contributed by atoms with Gasteiger partial charge in [-0.05, 0) is 31.2 Å². The Labute approximate surface area is 179 Å². The summed E-state index contributed by atoms with van der Waals surface area (Å²) in [6, 6.07) is 7.88. The molecule has 0 aliphatic carbocycles. The molecule has 0 aromatic heterocycles. The monoisotopic (exact) mass is 475 g/mol. The summed E-state index contributed by atoms with van der Waals surface area (Å²) in [5.74, 6) is -2.03. The van der Waals surface area contributed by atoms with E-state index in [0.29, 0.717) is 12.1 Å². The zero-order valence-corrected chi connectivity index (χ0v) is 17.1.